The number of aromatic nitrogens is 1. The van der Waals surface area contributed by atoms with E-state index in [1.165, 1.54) is 19.2 Å². The lowest BCUT2D eigenvalue weighted by atomic mass is 9.88. The van der Waals surface area contributed by atoms with Crippen LogP contribution < -0.4 is 19.9 Å². The number of fused-ring (bicyclic) bond motifs is 1. The highest BCUT2D eigenvalue weighted by Gasteiger charge is 2.30. The summed E-state index contributed by atoms with van der Waals surface area (Å²) in [5, 5.41) is 21.7. The Labute approximate surface area is 171 Å². The number of methoxy groups -OCH3 is 1. The molecule has 2 heterocycles. The first-order valence-electron chi connectivity index (χ1n) is 8.88. The summed E-state index contributed by atoms with van der Waals surface area (Å²) in [6, 6.07) is 12.0. The molecule has 0 saturated carbocycles. The van der Waals surface area contributed by atoms with Crippen LogP contribution >= 0.6 is 0 Å². The van der Waals surface area contributed by atoms with Gasteiger partial charge in [0.15, 0.2) is 11.5 Å². The number of nitrogens with zero attached hydrogens (tertiary/aromatic N) is 3. The van der Waals surface area contributed by atoms with Gasteiger partial charge in [-0.2, -0.15) is 5.26 Å². The van der Waals surface area contributed by atoms with Crippen LogP contribution in [0, 0.1) is 28.4 Å². The second-order valence-electron chi connectivity index (χ2n) is 6.50. The maximum atomic E-state index is 11.9. The van der Waals surface area contributed by atoms with Gasteiger partial charge in [-0.1, -0.05) is 18.2 Å². The van der Waals surface area contributed by atoms with Gasteiger partial charge in [0.05, 0.1) is 23.7 Å². The third-order valence-corrected chi connectivity index (χ3v) is 4.85. The minimum atomic E-state index is -0.531. The number of aryl methyl sites for hydroxylation is 1. The fourth-order valence-electron chi connectivity index (χ4n) is 3.57. The van der Waals surface area contributed by atoms with Gasteiger partial charge >= 0.3 is 0 Å². The van der Waals surface area contributed by atoms with E-state index < -0.39 is 4.92 Å². The highest BCUT2D eigenvalue weighted by Crippen LogP contribution is 2.48. The monoisotopic (exact) mass is 404 g/mol. The predicted octanol–water partition coefficient (Wildman–Crippen LogP) is 3.82. The highest BCUT2D eigenvalue weighted by molar-refractivity contribution is 5.96. The number of nitro groups is 1. The smallest absolute Gasteiger partial charge is 0.281 e. The van der Waals surface area contributed by atoms with Crippen molar-refractivity contribution in [3.63, 3.8) is 0 Å². The van der Waals surface area contributed by atoms with Crippen LogP contribution in [0.1, 0.15) is 11.3 Å². The third-order valence-electron chi connectivity index (χ3n) is 4.85. The molecule has 1 aromatic heterocycles. The number of hydrogen-bond acceptors (Lipinski definition) is 8. The van der Waals surface area contributed by atoms with Gasteiger partial charge in [0.25, 0.3) is 5.69 Å². The number of nitro benzene ring substituents is 1. The van der Waals surface area contributed by atoms with Crippen molar-refractivity contribution in [3.8, 4) is 45.6 Å². The molecule has 0 saturated heterocycles. The van der Waals surface area contributed by atoms with Crippen molar-refractivity contribution in [1.29, 1.82) is 5.26 Å². The van der Waals surface area contributed by atoms with Crippen molar-refractivity contribution in [3.05, 3.63) is 57.8 Å². The fraction of sp³-hybridized carbons (Fsp3) is 0.143. The minimum Gasteiger partial charge on any atom is -0.496 e. The normalized spacial score (nSPS) is 11.8. The molecule has 2 N–H and O–H groups in total. The van der Waals surface area contributed by atoms with E-state index in [0.717, 1.165) is 0 Å². The molecule has 0 aliphatic carbocycles. The van der Waals surface area contributed by atoms with Crippen molar-refractivity contribution in [1.82, 2.24) is 4.98 Å². The Hall–Kier alpha value is -4.32. The van der Waals surface area contributed by atoms with Crippen LogP contribution in [0.25, 0.3) is 22.3 Å². The van der Waals surface area contributed by atoms with Crippen LogP contribution in [-0.4, -0.2) is 23.8 Å². The molecule has 0 atom stereocenters. The molecule has 1 aliphatic rings. The molecular formula is C21H16N4O5. The van der Waals surface area contributed by atoms with E-state index in [1.807, 2.05) is 6.07 Å². The van der Waals surface area contributed by atoms with E-state index in [4.69, 9.17) is 19.9 Å². The average molecular weight is 404 g/mol. The number of rotatable bonds is 4. The lowest BCUT2D eigenvalue weighted by Crippen LogP contribution is -2.05. The van der Waals surface area contributed by atoms with E-state index in [0.29, 0.717) is 28.3 Å². The molecule has 0 radical (unpaired) electrons. The average Bonchev–Trinajstić information content (AvgIpc) is 3.20. The summed E-state index contributed by atoms with van der Waals surface area (Å²) < 4.78 is 16.2. The van der Waals surface area contributed by atoms with Crippen molar-refractivity contribution in [2.24, 2.45) is 0 Å². The Kier molecular flexibility index (Phi) is 4.60. The van der Waals surface area contributed by atoms with E-state index in [9.17, 15) is 15.4 Å². The lowest BCUT2D eigenvalue weighted by molar-refractivity contribution is -0.384. The van der Waals surface area contributed by atoms with Gasteiger partial charge in [0, 0.05) is 22.4 Å². The zero-order chi connectivity index (χ0) is 21.4. The van der Waals surface area contributed by atoms with Crippen molar-refractivity contribution in [2.75, 3.05) is 19.6 Å². The summed E-state index contributed by atoms with van der Waals surface area (Å²) >= 11 is 0. The topological polar surface area (TPSA) is 134 Å². The van der Waals surface area contributed by atoms with Gasteiger partial charge in [-0.15, -0.1) is 0 Å². The predicted molar refractivity (Wildman–Crippen MR) is 108 cm³/mol. The Bertz CT molecular complexity index is 1230. The summed E-state index contributed by atoms with van der Waals surface area (Å²) in [5.41, 5.74) is 7.94. The summed E-state index contributed by atoms with van der Waals surface area (Å²) in [6.07, 6.45) is 0. The highest BCUT2D eigenvalue weighted by atomic mass is 16.7. The van der Waals surface area contributed by atoms with Crippen LogP contribution in [0.3, 0.4) is 0 Å². The summed E-state index contributed by atoms with van der Waals surface area (Å²) in [5.74, 6) is 1.12. The van der Waals surface area contributed by atoms with Crippen LogP contribution in [0.2, 0.25) is 0 Å². The fourth-order valence-corrected chi connectivity index (χ4v) is 3.57. The van der Waals surface area contributed by atoms with Gasteiger partial charge in [-0.25, -0.2) is 4.98 Å². The van der Waals surface area contributed by atoms with Crippen LogP contribution in [0.15, 0.2) is 36.4 Å². The first-order valence-corrected chi connectivity index (χ1v) is 8.88. The Balaban J connectivity index is 2.16. The molecule has 0 spiro atoms. The Morgan fingerprint density at radius 2 is 1.90 bits per heavy atom. The number of anilines is 1. The molecular weight excluding hydrogens is 388 g/mol. The number of nitrogens with two attached hydrogens (primary N) is 1. The van der Waals surface area contributed by atoms with Crippen molar-refractivity contribution in [2.45, 2.75) is 6.92 Å². The molecule has 0 bridgehead atoms. The second-order valence-corrected chi connectivity index (χ2v) is 6.50. The molecule has 0 amide bonds. The number of para-hydroxylation sites is 1. The maximum Gasteiger partial charge on any atom is 0.281 e. The van der Waals surface area contributed by atoms with Crippen LogP contribution in [0.4, 0.5) is 11.5 Å². The second kappa shape index (κ2) is 7.25. The first-order chi connectivity index (χ1) is 14.5. The molecule has 0 unspecified atom stereocenters. The van der Waals surface area contributed by atoms with Gasteiger partial charge in [0.2, 0.25) is 6.79 Å². The summed E-state index contributed by atoms with van der Waals surface area (Å²) in [7, 11) is 1.52. The number of hydrogen-bond donors (Lipinski definition) is 1. The zero-order valence-corrected chi connectivity index (χ0v) is 16.1. The van der Waals surface area contributed by atoms with E-state index in [-0.39, 0.29) is 40.7 Å². The van der Waals surface area contributed by atoms with E-state index in [1.54, 1.807) is 31.2 Å². The molecule has 0 fully saturated rings. The SMILES string of the molecule is COc1ccccc1-c1c(C)nc(N)c(C#N)c1-c1cc2c(cc1[N+](=O)[O-])OCO2. The molecule has 9 nitrogen and oxygen atoms in total. The lowest BCUT2D eigenvalue weighted by Gasteiger charge is -2.18. The molecule has 9 heteroatoms. The largest absolute Gasteiger partial charge is 0.496 e. The van der Waals surface area contributed by atoms with Gasteiger partial charge in [-0.05, 0) is 19.1 Å². The number of nitriles is 1. The molecule has 1 aliphatic heterocycles. The molecule has 2 aromatic carbocycles. The first kappa shape index (κ1) is 19.0. The maximum absolute atomic E-state index is 11.9. The molecule has 150 valence electrons. The minimum absolute atomic E-state index is 0.0180. The van der Waals surface area contributed by atoms with Crippen molar-refractivity contribution < 1.29 is 19.1 Å². The molecule has 4 rings (SSSR count). The molecule has 30 heavy (non-hydrogen) atoms. The Morgan fingerprint density at radius 1 is 1.20 bits per heavy atom. The van der Waals surface area contributed by atoms with Crippen molar-refractivity contribution >= 4 is 11.5 Å². The van der Waals surface area contributed by atoms with E-state index in [2.05, 4.69) is 4.98 Å². The number of ether oxygens (including phenoxy) is 3. The summed E-state index contributed by atoms with van der Waals surface area (Å²) in [6.45, 7) is 1.68. The van der Waals surface area contributed by atoms with Gasteiger partial charge < -0.3 is 19.9 Å². The number of benzene rings is 2. The van der Waals surface area contributed by atoms with Crippen LogP contribution in [-0.2, 0) is 0 Å². The standard InChI is InChI=1S/C21H16N4O5/c1-11-19(12-5-3-4-6-16(12)28-2)20(14(9-22)21(23)24-11)13-7-17-18(30-10-29-17)8-15(13)25(26)27/h3-8H,10H2,1-2H3,(H2,23,24). The Morgan fingerprint density at radius 3 is 2.57 bits per heavy atom. The van der Waals surface area contributed by atoms with Gasteiger partial charge in [0.1, 0.15) is 23.2 Å². The number of nitrogen functional groups attached to an aromatic ring is 1. The summed E-state index contributed by atoms with van der Waals surface area (Å²) in [4.78, 5) is 15.7. The van der Waals surface area contributed by atoms with E-state index >= 15 is 0 Å². The zero-order valence-electron chi connectivity index (χ0n) is 16.1. The number of pyridine rings is 1. The quantitative estimate of drug-likeness (QED) is 0.512. The third kappa shape index (κ3) is 2.91. The van der Waals surface area contributed by atoms with Gasteiger partial charge in [-0.3, -0.25) is 10.1 Å². The van der Waals surface area contributed by atoms with Crippen LogP contribution in [0.5, 0.6) is 17.2 Å². The molecule has 3 aromatic rings.